The smallest absolute Gasteiger partial charge is 0.257 e. The Hall–Kier alpha value is -2.18. The Kier molecular flexibility index (Phi) is 3.72. The van der Waals surface area contributed by atoms with E-state index in [1.54, 1.807) is 10.9 Å². The highest BCUT2D eigenvalue weighted by molar-refractivity contribution is 5.40. The molecule has 1 aliphatic carbocycles. The fraction of sp³-hybridized carbons (Fsp3) is 0.571. The number of nitrogens with one attached hydrogen (secondary N) is 1. The Morgan fingerprint density at radius 3 is 2.71 bits per heavy atom. The lowest BCUT2D eigenvalue weighted by Gasteiger charge is -2.27. The zero-order valence-electron chi connectivity index (χ0n) is 12.7. The first-order chi connectivity index (χ1) is 10.2. The molecule has 3 rings (SSSR count). The number of nitrogens with zero attached hydrogens (tertiary/aromatic N) is 6. The first kappa shape index (κ1) is 13.8. The fourth-order valence-corrected chi connectivity index (χ4v) is 2.19. The van der Waals surface area contributed by atoms with Crippen LogP contribution >= 0.6 is 0 Å². The second-order valence-corrected chi connectivity index (χ2v) is 5.65. The van der Waals surface area contributed by atoms with Crippen molar-refractivity contribution in [2.45, 2.75) is 32.7 Å². The van der Waals surface area contributed by atoms with Gasteiger partial charge >= 0.3 is 0 Å². The highest BCUT2D eigenvalue weighted by atomic mass is 15.4. The SMILES string of the molecule is CNc1nc(N(CC2CC2)C(C)C)nc(-n2cccn2)n1. The summed E-state index contributed by atoms with van der Waals surface area (Å²) in [7, 11) is 1.81. The van der Waals surface area contributed by atoms with Gasteiger partial charge in [0.05, 0.1) is 0 Å². The van der Waals surface area contributed by atoms with Crippen LogP contribution in [0, 0.1) is 5.92 Å². The Morgan fingerprint density at radius 2 is 2.14 bits per heavy atom. The molecular formula is C14H21N7. The zero-order chi connectivity index (χ0) is 14.8. The molecule has 1 aliphatic rings. The molecule has 0 atom stereocenters. The third-order valence-corrected chi connectivity index (χ3v) is 3.58. The van der Waals surface area contributed by atoms with E-state index < -0.39 is 0 Å². The molecule has 0 aliphatic heterocycles. The molecule has 2 aromatic heterocycles. The molecule has 0 radical (unpaired) electrons. The minimum atomic E-state index is 0.350. The van der Waals surface area contributed by atoms with Crippen LogP contribution in [-0.2, 0) is 0 Å². The summed E-state index contributed by atoms with van der Waals surface area (Å²) in [5, 5.41) is 7.20. The lowest BCUT2D eigenvalue weighted by atomic mass is 10.3. The Balaban J connectivity index is 1.97. The van der Waals surface area contributed by atoms with Crippen LogP contribution in [-0.4, -0.2) is 44.4 Å². The summed E-state index contributed by atoms with van der Waals surface area (Å²) in [5.74, 6) is 2.58. The molecule has 0 spiro atoms. The maximum atomic E-state index is 4.59. The van der Waals surface area contributed by atoms with Gasteiger partial charge in [-0.25, -0.2) is 4.68 Å². The zero-order valence-corrected chi connectivity index (χ0v) is 12.7. The van der Waals surface area contributed by atoms with E-state index >= 15 is 0 Å². The molecule has 0 unspecified atom stereocenters. The van der Waals surface area contributed by atoms with Crippen molar-refractivity contribution in [2.75, 3.05) is 23.8 Å². The number of aromatic nitrogens is 5. The van der Waals surface area contributed by atoms with Crippen molar-refractivity contribution < 1.29 is 0 Å². The lowest BCUT2D eigenvalue weighted by molar-refractivity contribution is 0.622. The summed E-state index contributed by atoms with van der Waals surface area (Å²) in [6.07, 6.45) is 6.16. The molecule has 0 saturated heterocycles. The van der Waals surface area contributed by atoms with Gasteiger partial charge in [0.2, 0.25) is 11.9 Å². The molecule has 0 aromatic carbocycles. The standard InChI is InChI=1S/C14H21N7/c1-10(2)20(9-11-5-6-11)13-17-12(15-3)18-14(19-13)21-8-4-7-16-21/h4,7-8,10-11H,5-6,9H2,1-3H3,(H,15,17,18,19). The van der Waals surface area contributed by atoms with Gasteiger partial charge in [-0.15, -0.1) is 0 Å². The molecule has 2 aromatic rings. The van der Waals surface area contributed by atoms with E-state index in [0.29, 0.717) is 23.9 Å². The monoisotopic (exact) mass is 287 g/mol. The number of hydrogen-bond donors (Lipinski definition) is 1. The molecule has 21 heavy (non-hydrogen) atoms. The minimum absolute atomic E-state index is 0.350. The predicted molar refractivity (Wildman–Crippen MR) is 81.7 cm³/mol. The first-order valence-corrected chi connectivity index (χ1v) is 7.38. The number of rotatable bonds is 6. The molecule has 1 N–H and O–H groups in total. The average Bonchev–Trinajstić information content (AvgIpc) is 3.14. The van der Waals surface area contributed by atoms with Crippen LogP contribution in [0.25, 0.3) is 5.95 Å². The predicted octanol–water partition coefficient (Wildman–Crippen LogP) is 1.72. The quantitative estimate of drug-likeness (QED) is 0.872. The largest absolute Gasteiger partial charge is 0.357 e. The second-order valence-electron chi connectivity index (χ2n) is 5.65. The molecule has 112 valence electrons. The summed E-state index contributed by atoms with van der Waals surface area (Å²) in [4.78, 5) is 15.7. The van der Waals surface area contributed by atoms with Crippen molar-refractivity contribution in [3.8, 4) is 5.95 Å². The van der Waals surface area contributed by atoms with Crippen molar-refractivity contribution in [2.24, 2.45) is 5.92 Å². The maximum absolute atomic E-state index is 4.59. The van der Waals surface area contributed by atoms with E-state index in [2.05, 4.69) is 44.1 Å². The van der Waals surface area contributed by atoms with Crippen LogP contribution in [0.15, 0.2) is 18.5 Å². The Bertz CT molecular complexity index is 589. The summed E-state index contributed by atoms with van der Waals surface area (Å²) in [5.41, 5.74) is 0. The Morgan fingerprint density at radius 1 is 1.33 bits per heavy atom. The normalized spacial score (nSPS) is 14.5. The molecule has 7 nitrogen and oxygen atoms in total. The van der Waals surface area contributed by atoms with Gasteiger partial charge in [-0.1, -0.05) is 0 Å². The van der Waals surface area contributed by atoms with E-state index in [1.807, 2.05) is 19.3 Å². The second kappa shape index (κ2) is 5.67. The first-order valence-electron chi connectivity index (χ1n) is 7.38. The summed E-state index contributed by atoms with van der Waals surface area (Å²) >= 11 is 0. The van der Waals surface area contributed by atoms with Gasteiger partial charge in [0, 0.05) is 32.0 Å². The van der Waals surface area contributed by atoms with Crippen LogP contribution in [0.1, 0.15) is 26.7 Å². The van der Waals surface area contributed by atoms with Crippen molar-refractivity contribution >= 4 is 11.9 Å². The molecule has 1 fully saturated rings. The van der Waals surface area contributed by atoms with Crippen LogP contribution in [0.5, 0.6) is 0 Å². The van der Waals surface area contributed by atoms with Gasteiger partial charge < -0.3 is 10.2 Å². The number of anilines is 2. The van der Waals surface area contributed by atoms with Gasteiger partial charge in [0.1, 0.15) is 0 Å². The van der Waals surface area contributed by atoms with E-state index in [0.717, 1.165) is 12.5 Å². The highest BCUT2D eigenvalue weighted by Gasteiger charge is 2.27. The number of hydrogen-bond acceptors (Lipinski definition) is 6. The van der Waals surface area contributed by atoms with Crippen LogP contribution in [0.2, 0.25) is 0 Å². The highest BCUT2D eigenvalue weighted by Crippen LogP contribution is 2.31. The van der Waals surface area contributed by atoms with E-state index in [9.17, 15) is 0 Å². The van der Waals surface area contributed by atoms with Crippen LogP contribution < -0.4 is 10.2 Å². The van der Waals surface area contributed by atoms with Crippen LogP contribution in [0.4, 0.5) is 11.9 Å². The van der Waals surface area contributed by atoms with E-state index in [4.69, 9.17) is 0 Å². The van der Waals surface area contributed by atoms with Gasteiger partial charge in [-0.3, -0.25) is 0 Å². The van der Waals surface area contributed by atoms with Gasteiger partial charge in [0.15, 0.2) is 0 Å². The third-order valence-electron chi connectivity index (χ3n) is 3.58. The lowest BCUT2D eigenvalue weighted by Crippen LogP contribution is -2.34. The van der Waals surface area contributed by atoms with Crippen molar-refractivity contribution in [1.29, 1.82) is 0 Å². The Labute approximate surface area is 124 Å². The van der Waals surface area contributed by atoms with E-state index in [-0.39, 0.29) is 0 Å². The molecule has 0 amide bonds. The maximum Gasteiger partial charge on any atom is 0.257 e. The summed E-state index contributed by atoms with van der Waals surface area (Å²) in [6, 6.07) is 2.20. The molecule has 2 heterocycles. The van der Waals surface area contributed by atoms with Crippen molar-refractivity contribution in [3.63, 3.8) is 0 Å². The van der Waals surface area contributed by atoms with Crippen molar-refractivity contribution in [3.05, 3.63) is 18.5 Å². The van der Waals surface area contributed by atoms with Gasteiger partial charge in [-0.05, 0) is 38.7 Å². The van der Waals surface area contributed by atoms with E-state index in [1.165, 1.54) is 12.8 Å². The minimum Gasteiger partial charge on any atom is -0.357 e. The van der Waals surface area contributed by atoms with Crippen LogP contribution in [0.3, 0.4) is 0 Å². The summed E-state index contributed by atoms with van der Waals surface area (Å²) in [6.45, 7) is 5.33. The third kappa shape index (κ3) is 3.12. The van der Waals surface area contributed by atoms with Crippen molar-refractivity contribution in [1.82, 2.24) is 24.7 Å². The molecule has 7 heteroatoms. The molecular weight excluding hydrogens is 266 g/mol. The average molecular weight is 287 g/mol. The van der Waals surface area contributed by atoms with Gasteiger partial charge in [0.25, 0.3) is 5.95 Å². The topological polar surface area (TPSA) is 71.8 Å². The fourth-order valence-electron chi connectivity index (χ4n) is 2.19. The molecule has 1 saturated carbocycles. The summed E-state index contributed by atoms with van der Waals surface area (Å²) < 4.78 is 1.65. The van der Waals surface area contributed by atoms with Gasteiger partial charge in [-0.2, -0.15) is 20.1 Å². The molecule has 0 bridgehead atoms.